The number of rotatable bonds is 8. The second kappa shape index (κ2) is 13.3. The number of thioether (sulfide) groups is 1. The topological polar surface area (TPSA) is 41.0 Å². The zero-order valence-electron chi connectivity index (χ0n) is 25.8. The van der Waals surface area contributed by atoms with Crippen molar-refractivity contribution in [3.05, 3.63) is 80.9 Å². The lowest BCUT2D eigenvalue weighted by Gasteiger charge is -2.39. The highest BCUT2D eigenvalue weighted by Crippen LogP contribution is 2.41. The molecule has 0 aliphatic carbocycles. The highest BCUT2D eigenvalue weighted by molar-refractivity contribution is 7.99. The van der Waals surface area contributed by atoms with Crippen LogP contribution < -0.4 is 10.3 Å². The van der Waals surface area contributed by atoms with E-state index >= 15 is 4.39 Å². The van der Waals surface area contributed by atoms with E-state index in [1.54, 1.807) is 35.4 Å². The van der Waals surface area contributed by atoms with Crippen molar-refractivity contribution in [1.82, 2.24) is 19.3 Å². The number of pyridine rings is 1. The van der Waals surface area contributed by atoms with Crippen molar-refractivity contribution in [3.63, 3.8) is 0 Å². The van der Waals surface area contributed by atoms with E-state index in [2.05, 4.69) is 21.7 Å². The molecule has 3 aliphatic rings. The predicted molar refractivity (Wildman–Crippen MR) is 169 cm³/mol. The van der Waals surface area contributed by atoms with Crippen LogP contribution in [0.3, 0.4) is 0 Å². The number of halogens is 3. The SMILES string of the molecule is COc1cccc(-c2c(C)c(Cc3c(F)cccc3F)c3n(c2=O)C(CN2CCN(CC4CCCN(C)C4)CC2)CS3)c1F. The summed E-state index contributed by atoms with van der Waals surface area (Å²) in [6.45, 7) is 9.75. The summed E-state index contributed by atoms with van der Waals surface area (Å²) >= 11 is 1.55. The van der Waals surface area contributed by atoms with Gasteiger partial charge in [-0.3, -0.25) is 14.3 Å². The molecular weight excluding hydrogens is 585 g/mol. The third-order valence-corrected chi connectivity index (χ3v) is 10.8. The van der Waals surface area contributed by atoms with E-state index < -0.39 is 17.5 Å². The summed E-state index contributed by atoms with van der Waals surface area (Å²) in [4.78, 5) is 21.7. The van der Waals surface area contributed by atoms with E-state index in [0.29, 0.717) is 34.4 Å². The van der Waals surface area contributed by atoms with E-state index in [0.717, 1.165) is 39.3 Å². The summed E-state index contributed by atoms with van der Waals surface area (Å²) in [7, 11) is 3.59. The first kappa shape index (κ1) is 31.2. The van der Waals surface area contributed by atoms with Crippen LogP contribution in [0.25, 0.3) is 11.1 Å². The van der Waals surface area contributed by atoms with Gasteiger partial charge >= 0.3 is 0 Å². The average Bonchev–Trinajstić information content (AvgIpc) is 3.42. The van der Waals surface area contributed by atoms with Crippen LogP contribution >= 0.6 is 11.8 Å². The molecule has 3 aliphatic heterocycles. The van der Waals surface area contributed by atoms with Gasteiger partial charge in [-0.25, -0.2) is 13.2 Å². The summed E-state index contributed by atoms with van der Waals surface area (Å²) in [6.07, 6.45) is 2.52. The van der Waals surface area contributed by atoms with Crippen molar-refractivity contribution in [3.8, 4) is 16.9 Å². The van der Waals surface area contributed by atoms with E-state index in [9.17, 15) is 13.6 Å². The lowest BCUT2D eigenvalue weighted by molar-refractivity contribution is 0.0900. The van der Waals surface area contributed by atoms with Crippen molar-refractivity contribution in [2.75, 3.05) is 72.3 Å². The Bertz CT molecular complexity index is 1550. The monoisotopic (exact) mass is 626 g/mol. The Hall–Kier alpha value is -2.79. The largest absolute Gasteiger partial charge is 0.494 e. The van der Waals surface area contributed by atoms with Crippen LogP contribution in [0.2, 0.25) is 0 Å². The molecule has 0 saturated carbocycles. The van der Waals surface area contributed by atoms with Crippen LogP contribution in [0.5, 0.6) is 5.75 Å². The van der Waals surface area contributed by atoms with Gasteiger partial charge in [-0.05, 0) is 68.6 Å². The maximum absolute atomic E-state index is 15.6. The van der Waals surface area contributed by atoms with Crippen LogP contribution in [-0.4, -0.2) is 91.5 Å². The van der Waals surface area contributed by atoms with Gasteiger partial charge < -0.3 is 14.5 Å². The molecular formula is C34H41F3N4O2S. The van der Waals surface area contributed by atoms with Gasteiger partial charge in [0, 0.05) is 69.1 Å². The first-order valence-electron chi connectivity index (χ1n) is 15.5. The summed E-state index contributed by atoms with van der Waals surface area (Å²) < 4.78 is 52.4. The lowest BCUT2D eigenvalue weighted by atomic mass is 9.94. The van der Waals surface area contributed by atoms with Crippen molar-refractivity contribution in [2.24, 2.45) is 5.92 Å². The fraction of sp³-hybridized carbons (Fsp3) is 0.500. The van der Waals surface area contributed by atoms with E-state index in [-0.39, 0.29) is 40.5 Å². The van der Waals surface area contributed by atoms with Gasteiger partial charge in [0.15, 0.2) is 11.6 Å². The normalized spacial score (nSPS) is 21.5. The third-order valence-electron chi connectivity index (χ3n) is 9.55. The fourth-order valence-electron chi connectivity index (χ4n) is 7.21. The molecule has 0 amide bonds. The number of likely N-dealkylation sites (tertiary alicyclic amines) is 1. The molecule has 0 bridgehead atoms. The Morgan fingerprint density at radius 2 is 1.61 bits per heavy atom. The summed E-state index contributed by atoms with van der Waals surface area (Å²) in [6, 6.07) is 8.43. The average molecular weight is 627 g/mol. The molecule has 0 N–H and O–H groups in total. The summed E-state index contributed by atoms with van der Waals surface area (Å²) in [5.41, 5.74) is 1.20. The molecule has 0 radical (unpaired) electrons. The highest BCUT2D eigenvalue weighted by Gasteiger charge is 2.34. The van der Waals surface area contributed by atoms with Crippen LogP contribution in [0.4, 0.5) is 13.2 Å². The Kier molecular flexibility index (Phi) is 9.42. The maximum atomic E-state index is 15.6. The molecule has 2 saturated heterocycles. The predicted octanol–water partition coefficient (Wildman–Crippen LogP) is 5.45. The van der Waals surface area contributed by atoms with Gasteiger partial charge in [0.1, 0.15) is 11.6 Å². The standard InChI is InChI=1S/C34H41F3N4O2S/c1-22-26(17-27-28(35)9-5-10-29(27)36)34-41(33(42)31(22)25-8-4-11-30(43-3)32(25)37)24(21-44-34)20-40-15-13-39(14-16-40)19-23-7-6-12-38(2)18-23/h4-5,8-11,23-24H,6-7,12-21H2,1-3H3. The number of benzene rings is 2. The number of aromatic nitrogens is 1. The van der Waals surface area contributed by atoms with E-state index in [4.69, 9.17) is 4.74 Å². The van der Waals surface area contributed by atoms with Crippen LogP contribution in [0.1, 0.15) is 35.6 Å². The van der Waals surface area contributed by atoms with Gasteiger partial charge in [0.2, 0.25) is 0 Å². The second-order valence-electron chi connectivity index (χ2n) is 12.5. The number of fused-ring (bicyclic) bond motifs is 1. The van der Waals surface area contributed by atoms with Crippen molar-refractivity contribution in [1.29, 1.82) is 0 Å². The lowest BCUT2D eigenvalue weighted by Crippen LogP contribution is -2.50. The van der Waals surface area contributed by atoms with Crippen molar-refractivity contribution < 1.29 is 17.9 Å². The molecule has 2 fully saturated rings. The second-order valence-corrected chi connectivity index (χ2v) is 13.5. The molecule has 1 aromatic heterocycles. The quantitative estimate of drug-likeness (QED) is 0.332. The zero-order valence-corrected chi connectivity index (χ0v) is 26.6. The number of methoxy groups -OCH3 is 1. The first-order valence-corrected chi connectivity index (χ1v) is 16.5. The van der Waals surface area contributed by atoms with Crippen LogP contribution in [-0.2, 0) is 6.42 Å². The smallest absolute Gasteiger partial charge is 0.260 e. The van der Waals surface area contributed by atoms with E-state index in [1.165, 1.54) is 50.8 Å². The van der Waals surface area contributed by atoms with Crippen LogP contribution in [0, 0.1) is 30.3 Å². The van der Waals surface area contributed by atoms with Gasteiger partial charge in [0.05, 0.1) is 23.7 Å². The molecule has 3 aromatic rings. The molecule has 2 atom stereocenters. The number of hydrogen-bond acceptors (Lipinski definition) is 6. The Balaban J connectivity index is 1.31. The van der Waals surface area contributed by atoms with Crippen molar-refractivity contribution in [2.45, 2.75) is 37.3 Å². The maximum Gasteiger partial charge on any atom is 0.260 e. The van der Waals surface area contributed by atoms with Gasteiger partial charge in [-0.2, -0.15) is 0 Å². The highest BCUT2D eigenvalue weighted by atomic mass is 32.2. The summed E-state index contributed by atoms with van der Waals surface area (Å²) in [5, 5.41) is 0.715. The minimum absolute atomic E-state index is 0.0344. The zero-order chi connectivity index (χ0) is 31.0. The Morgan fingerprint density at radius 3 is 2.30 bits per heavy atom. The van der Waals surface area contributed by atoms with Gasteiger partial charge in [-0.1, -0.05) is 18.2 Å². The number of hydrogen-bond donors (Lipinski definition) is 0. The molecule has 2 unspecified atom stereocenters. The fourth-order valence-corrected chi connectivity index (χ4v) is 8.58. The van der Waals surface area contributed by atoms with Gasteiger partial charge in [0.25, 0.3) is 5.56 Å². The number of piperidine rings is 1. The van der Waals surface area contributed by atoms with Crippen molar-refractivity contribution >= 4 is 11.8 Å². The van der Waals surface area contributed by atoms with E-state index in [1.807, 2.05) is 0 Å². The molecule has 6 rings (SSSR count). The molecule has 6 nitrogen and oxygen atoms in total. The molecule has 2 aromatic carbocycles. The molecule has 236 valence electrons. The first-order chi connectivity index (χ1) is 21.2. The number of piperazine rings is 1. The number of ether oxygens (including phenoxy) is 1. The molecule has 0 spiro atoms. The Labute approximate surface area is 261 Å². The molecule has 4 heterocycles. The van der Waals surface area contributed by atoms with Crippen LogP contribution in [0.15, 0.2) is 46.2 Å². The minimum Gasteiger partial charge on any atom is -0.494 e. The summed E-state index contributed by atoms with van der Waals surface area (Å²) in [5.74, 6) is -0.478. The number of nitrogens with zero attached hydrogens (tertiary/aromatic N) is 4. The van der Waals surface area contributed by atoms with Gasteiger partial charge in [-0.15, -0.1) is 11.8 Å². The molecule has 10 heteroatoms. The molecule has 44 heavy (non-hydrogen) atoms. The third kappa shape index (κ3) is 6.18. The minimum atomic E-state index is -0.638. The Morgan fingerprint density at radius 1 is 0.932 bits per heavy atom.